The molecule has 1 aromatic carbocycles. The molecular formula is C12H14N3. The van der Waals surface area contributed by atoms with Crippen LogP contribution in [0.2, 0.25) is 0 Å². The third kappa shape index (κ3) is 1.53. The first-order valence-corrected chi connectivity index (χ1v) is 5.50. The molecule has 0 N–H and O–H groups in total. The molecular weight excluding hydrogens is 186 g/mol. The Morgan fingerprint density at radius 2 is 1.93 bits per heavy atom. The Labute approximate surface area is 89.1 Å². The molecule has 1 saturated heterocycles. The molecule has 2 heterocycles. The summed E-state index contributed by atoms with van der Waals surface area (Å²) in [6, 6.07) is 8.92. The van der Waals surface area contributed by atoms with Crippen LogP contribution in [0, 0.1) is 0 Å². The summed E-state index contributed by atoms with van der Waals surface area (Å²) >= 11 is 0. The van der Waals surface area contributed by atoms with Gasteiger partial charge in [0.15, 0.2) is 0 Å². The number of benzene rings is 1. The second-order valence-electron chi connectivity index (χ2n) is 4.04. The standard InChI is InChI=1S/C12H14N3/c1-2-4-12-11(3-1)14-9-15(12)10-5-7-13-8-6-10/h1-4,9-10H,5-8H2. The van der Waals surface area contributed by atoms with Gasteiger partial charge in [-0.05, 0) is 25.0 Å². The van der Waals surface area contributed by atoms with Crippen LogP contribution in [0.25, 0.3) is 11.0 Å². The van der Waals surface area contributed by atoms with Crippen molar-refractivity contribution in [3.05, 3.63) is 30.6 Å². The summed E-state index contributed by atoms with van der Waals surface area (Å²) in [6.07, 6.45) is 4.28. The quantitative estimate of drug-likeness (QED) is 0.692. The van der Waals surface area contributed by atoms with Crippen LogP contribution in [0.15, 0.2) is 30.6 Å². The van der Waals surface area contributed by atoms with Crippen LogP contribution in [0.4, 0.5) is 0 Å². The fourth-order valence-electron chi connectivity index (χ4n) is 2.28. The molecule has 1 aromatic heterocycles. The Bertz CT molecular complexity index is 455. The normalized spacial score (nSPS) is 18.4. The lowest BCUT2D eigenvalue weighted by Gasteiger charge is -2.23. The van der Waals surface area contributed by atoms with Crippen molar-refractivity contribution in [1.82, 2.24) is 14.9 Å². The van der Waals surface area contributed by atoms with Crippen molar-refractivity contribution in [1.29, 1.82) is 0 Å². The van der Waals surface area contributed by atoms with E-state index >= 15 is 0 Å². The van der Waals surface area contributed by atoms with Gasteiger partial charge in [-0.2, -0.15) is 0 Å². The van der Waals surface area contributed by atoms with E-state index < -0.39 is 0 Å². The van der Waals surface area contributed by atoms with Gasteiger partial charge in [0.25, 0.3) is 0 Å². The maximum atomic E-state index is 4.43. The average molecular weight is 200 g/mol. The van der Waals surface area contributed by atoms with Gasteiger partial charge in [0.2, 0.25) is 0 Å². The fourth-order valence-corrected chi connectivity index (χ4v) is 2.28. The van der Waals surface area contributed by atoms with Crippen molar-refractivity contribution in [3.8, 4) is 0 Å². The zero-order valence-electron chi connectivity index (χ0n) is 8.63. The zero-order chi connectivity index (χ0) is 10.1. The molecule has 15 heavy (non-hydrogen) atoms. The Hall–Kier alpha value is -1.35. The van der Waals surface area contributed by atoms with Crippen molar-refractivity contribution in [2.24, 2.45) is 0 Å². The number of piperidine rings is 1. The van der Waals surface area contributed by atoms with Crippen LogP contribution >= 0.6 is 0 Å². The highest BCUT2D eigenvalue weighted by Gasteiger charge is 2.16. The van der Waals surface area contributed by atoms with Gasteiger partial charge in [-0.3, -0.25) is 0 Å². The number of hydrogen-bond acceptors (Lipinski definition) is 1. The summed E-state index contributed by atoms with van der Waals surface area (Å²) < 4.78 is 2.31. The molecule has 2 aromatic rings. The van der Waals surface area contributed by atoms with E-state index in [1.165, 1.54) is 5.52 Å². The first-order chi connectivity index (χ1) is 7.45. The molecule has 0 aliphatic carbocycles. The van der Waals surface area contributed by atoms with Gasteiger partial charge in [-0.25, -0.2) is 10.3 Å². The van der Waals surface area contributed by atoms with E-state index in [0.717, 1.165) is 31.4 Å². The third-order valence-electron chi connectivity index (χ3n) is 3.12. The van der Waals surface area contributed by atoms with Gasteiger partial charge >= 0.3 is 0 Å². The largest absolute Gasteiger partial charge is 0.327 e. The van der Waals surface area contributed by atoms with Crippen LogP contribution in [-0.4, -0.2) is 22.6 Å². The highest BCUT2D eigenvalue weighted by atomic mass is 15.1. The number of imidazole rings is 1. The molecule has 3 heteroatoms. The van der Waals surface area contributed by atoms with Gasteiger partial charge < -0.3 is 4.57 Å². The topological polar surface area (TPSA) is 31.9 Å². The minimum absolute atomic E-state index is 0.592. The molecule has 3 rings (SSSR count). The third-order valence-corrected chi connectivity index (χ3v) is 3.12. The minimum atomic E-state index is 0.592. The predicted octanol–water partition coefficient (Wildman–Crippen LogP) is 1.98. The van der Waals surface area contributed by atoms with Crippen molar-refractivity contribution in [3.63, 3.8) is 0 Å². The average Bonchev–Trinajstić information content (AvgIpc) is 2.74. The Morgan fingerprint density at radius 3 is 2.80 bits per heavy atom. The van der Waals surface area contributed by atoms with Crippen LogP contribution < -0.4 is 5.32 Å². The predicted molar refractivity (Wildman–Crippen MR) is 59.9 cm³/mol. The molecule has 1 fully saturated rings. The molecule has 1 radical (unpaired) electrons. The lowest BCUT2D eigenvalue weighted by atomic mass is 10.1. The summed E-state index contributed by atoms with van der Waals surface area (Å²) in [7, 11) is 0. The van der Waals surface area contributed by atoms with Crippen molar-refractivity contribution < 1.29 is 0 Å². The lowest BCUT2D eigenvalue weighted by molar-refractivity contribution is 0.370. The zero-order valence-corrected chi connectivity index (χ0v) is 8.63. The molecule has 0 bridgehead atoms. The SMILES string of the molecule is c1ccc2c(c1)ncn2C1CC[N]CC1. The smallest absolute Gasteiger partial charge is 0.0960 e. The second kappa shape index (κ2) is 3.66. The Morgan fingerprint density at radius 1 is 1.13 bits per heavy atom. The number of rotatable bonds is 1. The van der Waals surface area contributed by atoms with E-state index in [-0.39, 0.29) is 0 Å². The monoisotopic (exact) mass is 200 g/mol. The number of para-hydroxylation sites is 2. The van der Waals surface area contributed by atoms with Gasteiger partial charge in [-0.1, -0.05) is 12.1 Å². The van der Waals surface area contributed by atoms with Gasteiger partial charge in [0.05, 0.1) is 17.4 Å². The fraction of sp³-hybridized carbons (Fsp3) is 0.417. The summed E-state index contributed by atoms with van der Waals surface area (Å²) in [4.78, 5) is 4.43. The number of aromatic nitrogens is 2. The molecule has 0 atom stereocenters. The van der Waals surface area contributed by atoms with E-state index in [1.54, 1.807) is 0 Å². The summed E-state index contributed by atoms with van der Waals surface area (Å²) in [5.74, 6) is 0. The van der Waals surface area contributed by atoms with E-state index in [4.69, 9.17) is 0 Å². The van der Waals surface area contributed by atoms with Gasteiger partial charge in [-0.15, -0.1) is 0 Å². The van der Waals surface area contributed by atoms with E-state index in [0.29, 0.717) is 6.04 Å². The van der Waals surface area contributed by atoms with Crippen molar-refractivity contribution in [2.75, 3.05) is 13.1 Å². The molecule has 1 aliphatic heterocycles. The molecule has 1 aliphatic rings. The Balaban J connectivity index is 2.02. The van der Waals surface area contributed by atoms with Gasteiger partial charge in [0, 0.05) is 19.1 Å². The van der Waals surface area contributed by atoms with Crippen molar-refractivity contribution >= 4 is 11.0 Å². The van der Waals surface area contributed by atoms with Crippen molar-refractivity contribution in [2.45, 2.75) is 18.9 Å². The van der Waals surface area contributed by atoms with Gasteiger partial charge in [0.1, 0.15) is 0 Å². The minimum Gasteiger partial charge on any atom is -0.327 e. The highest BCUT2D eigenvalue weighted by molar-refractivity contribution is 5.75. The van der Waals surface area contributed by atoms with E-state index in [2.05, 4.69) is 33.1 Å². The molecule has 77 valence electrons. The van der Waals surface area contributed by atoms with E-state index in [1.807, 2.05) is 12.4 Å². The lowest BCUT2D eigenvalue weighted by Crippen LogP contribution is -2.24. The van der Waals surface area contributed by atoms with Crippen LogP contribution in [0.3, 0.4) is 0 Å². The summed E-state index contributed by atoms with van der Waals surface area (Å²) in [5.41, 5.74) is 2.35. The van der Waals surface area contributed by atoms with Crippen LogP contribution in [-0.2, 0) is 0 Å². The Kier molecular flexibility index (Phi) is 2.18. The number of fused-ring (bicyclic) bond motifs is 1. The molecule has 0 saturated carbocycles. The number of nitrogens with zero attached hydrogens (tertiary/aromatic N) is 3. The summed E-state index contributed by atoms with van der Waals surface area (Å²) in [5, 5.41) is 4.38. The van der Waals surface area contributed by atoms with E-state index in [9.17, 15) is 0 Å². The first-order valence-electron chi connectivity index (χ1n) is 5.50. The summed E-state index contributed by atoms with van der Waals surface area (Å²) in [6.45, 7) is 1.99. The maximum Gasteiger partial charge on any atom is 0.0960 e. The molecule has 0 spiro atoms. The molecule has 0 unspecified atom stereocenters. The number of hydrogen-bond donors (Lipinski definition) is 0. The highest BCUT2D eigenvalue weighted by Crippen LogP contribution is 2.23. The molecule has 3 nitrogen and oxygen atoms in total. The molecule has 0 amide bonds. The van der Waals surface area contributed by atoms with Crippen LogP contribution in [0.1, 0.15) is 18.9 Å². The first kappa shape index (κ1) is 8.92. The second-order valence-corrected chi connectivity index (χ2v) is 4.04. The maximum absolute atomic E-state index is 4.43. The van der Waals surface area contributed by atoms with Crippen LogP contribution in [0.5, 0.6) is 0 Å².